The average molecular weight is 779 g/mol. The maximum Gasteiger partial charge on any atom is 0.348 e. The molecule has 1 aliphatic carbocycles. The van der Waals surface area contributed by atoms with Crippen LogP contribution in [0.1, 0.15) is 34.6 Å². The topological polar surface area (TPSA) is 96.5 Å². The molecule has 0 saturated carbocycles. The van der Waals surface area contributed by atoms with Gasteiger partial charge in [-0.2, -0.15) is 0 Å². The molecule has 1 aromatic heterocycles. The lowest BCUT2D eigenvalue weighted by Crippen LogP contribution is -2.50. The number of ether oxygens (including phenoxy) is 2. The molecule has 2 heterocycles. The number of anilines is 2. The number of carbonyl (C=O) groups is 2. The van der Waals surface area contributed by atoms with Crippen molar-refractivity contribution in [2.24, 2.45) is 5.92 Å². The fourth-order valence-electron chi connectivity index (χ4n) is 6.46. The molecule has 1 atom stereocenters. The van der Waals surface area contributed by atoms with Gasteiger partial charge in [0, 0.05) is 53.4 Å². The number of benzene rings is 3. The van der Waals surface area contributed by atoms with Crippen LogP contribution in [0.2, 0.25) is 0 Å². The van der Waals surface area contributed by atoms with E-state index in [1.807, 2.05) is 79.4 Å². The van der Waals surface area contributed by atoms with E-state index in [2.05, 4.69) is 20.8 Å². The minimum atomic E-state index is -4.09. The van der Waals surface area contributed by atoms with Crippen molar-refractivity contribution in [1.29, 1.82) is 0 Å². The summed E-state index contributed by atoms with van der Waals surface area (Å²) in [5, 5.41) is 0.705. The van der Waals surface area contributed by atoms with Crippen LogP contribution in [0.25, 0.3) is 10.1 Å². The van der Waals surface area contributed by atoms with E-state index in [4.69, 9.17) is 9.47 Å². The van der Waals surface area contributed by atoms with E-state index in [1.165, 1.54) is 15.6 Å². The van der Waals surface area contributed by atoms with Crippen molar-refractivity contribution < 1.29 is 27.5 Å². The third-order valence-corrected chi connectivity index (χ3v) is 13.0. The number of hydrogen-bond donors (Lipinski definition) is 0. The normalized spacial score (nSPS) is 16.3. The molecule has 1 fully saturated rings. The largest absolute Gasteiger partial charge is 0.497 e. The quantitative estimate of drug-likeness (QED) is 0.147. The van der Waals surface area contributed by atoms with Crippen LogP contribution in [0.3, 0.4) is 0 Å². The van der Waals surface area contributed by atoms with Crippen molar-refractivity contribution in [3.63, 3.8) is 0 Å². The van der Waals surface area contributed by atoms with E-state index in [1.54, 1.807) is 32.2 Å². The zero-order valence-corrected chi connectivity index (χ0v) is 31.7. The first-order valence-corrected chi connectivity index (χ1v) is 19.7. The molecule has 0 radical (unpaired) electrons. The Balaban J connectivity index is 1.33. The van der Waals surface area contributed by atoms with Crippen molar-refractivity contribution in [2.75, 3.05) is 55.6 Å². The number of hydrogen-bond acceptors (Lipinski definition) is 8. The van der Waals surface area contributed by atoms with Gasteiger partial charge in [-0.15, -0.1) is 11.3 Å². The van der Waals surface area contributed by atoms with Crippen molar-refractivity contribution in [3.05, 3.63) is 105 Å². The number of carbonyl (C=O) groups excluding carboxylic acids is 2. The lowest BCUT2D eigenvalue weighted by molar-refractivity contribution is -0.127. The van der Waals surface area contributed by atoms with Crippen LogP contribution in [-0.2, 0) is 26.0 Å². The Bertz CT molecular complexity index is 2080. The Hall–Kier alpha value is -4.13. The second-order valence-corrected chi connectivity index (χ2v) is 16.1. The zero-order chi connectivity index (χ0) is 35.6. The SMILES string of the molecule is CCOC(=O)c1sc2ccc(S(=O)(=O)N(CCc3ccc(OC)cc3)c3ccccc3N3CCN(C(=O)C4=C(Br)C=CC4C)CC3)cc2c1C. The molecule has 9 nitrogen and oxygen atoms in total. The first kappa shape index (κ1) is 35.7. The molecule has 1 saturated heterocycles. The van der Waals surface area contributed by atoms with E-state index in [0.717, 1.165) is 31.8 Å². The maximum absolute atomic E-state index is 14.8. The summed E-state index contributed by atoms with van der Waals surface area (Å²) in [6, 6.07) is 20.2. The summed E-state index contributed by atoms with van der Waals surface area (Å²) in [5.41, 5.74) is 3.78. The van der Waals surface area contributed by atoms with Gasteiger partial charge in [0.05, 0.1) is 30.0 Å². The van der Waals surface area contributed by atoms with Crippen LogP contribution in [0, 0.1) is 12.8 Å². The smallest absolute Gasteiger partial charge is 0.348 e. The van der Waals surface area contributed by atoms with Gasteiger partial charge in [-0.25, -0.2) is 13.2 Å². The number of thiophene rings is 1. The predicted octanol–water partition coefficient (Wildman–Crippen LogP) is 7.34. The molecule has 6 rings (SSSR count). The fourth-order valence-corrected chi connectivity index (χ4v) is 9.74. The number of rotatable bonds is 11. The number of halogens is 1. The highest BCUT2D eigenvalue weighted by molar-refractivity contribution is 9.12. The van der Waals surface area contributed by atoms with Gasteiger partial charge in [-0.3, -0.25) is 9.10 Å². The monoisotopic (exact) mass is 777 g/mol. The molecule has 1 unspecified atom stereocenters. The second-order valence-electron chi connectivity index (χ2n) is 12.3. The lowest BCUT2D eigenvalue weighted by atomic mass is 10.0. The van der Waals surface area contributed by atoms with Gasteiger partial charge >= 0.3 is 5.97 Å². The number of esters is 1. The van der Waals surface area contributed by atoms with E-state index in [-0.39, 0.29) is 29.9 Å². The Morgan fingerprint density at radius 2 is 1.74 bits per heavy atom. The third kappa shape index (κ3) is 7.06. The van der Waals surface area contributed by atoms with Crippen molar-refractivity contribution >= 4 is 70.6 Å². The minimum absolute atomic E-state index is 0.0243. The number of methoxy groups -OCH3 is 1. The van der Waals surface area contributed by atoms with E-state index >= 15 is 0 Å². The fraction of sp³-hybridized carbons (Fsp3) is 0.316. The van der Waals surface area contributed by atoms with Crippen molar-refractivity contribution in [2.45, 2.75) is 32.1 Å². The van der Waals surface area contributed by atoms with Crippen molar-refractivity contribution in [1.82, 2.24) is 4.90 Å². The molecule has 3 aromatic carbocycles. The first-order valence-electron chi connectivity index (χ1n) is 16.6. The molecular weight excluding hydrogens is 738 g/mol. The van der Waals surface area contributed by atoms with E-state index < -0.39 is 16.0 Å². The Morgan fingerprint density at radius 3 is 2.40 bits per heavy atom. The number of allylic oxidation sites excluding steroid dienone is 3. The van der Waals surface area contributed by atoms with Gasteiger partial charge in [-0.1, -0.05) is 59.3 Å². The third-order valence-electron chi connectivity index (χ3n) is 9.25. The van der Waals surface area contributed by atoms with Gasteiger partial charge in [-0.05, 0) is 79.2 Å². The number of sulfonamides is 1. The maximum atomic E-state index is 14.8. The van der Waals surface area contributed by atoms with Crippen LogP contribution in [-0.4, -0.2) is 71.6 Å². The number of nitrogens with zero attached hydrogens (tertiary/aromatic N) is 3. The molecule has 50 heavy (non-hydrogen) atoms. The van der Waals surface area contributed by atoms with Gasteiger partial charge < -0.3 is 19.3 Å². The van der Waals surface area contributed by atoms with Crippen LogP contribution in [0.4, 0.5) is 11.4 Å². The summed E-state index contributed by atoms with van der Waals surface area (Å²) in [4.78, 5) is 30.7. The Labute approximate surface area is 306 Å². The number of piperazine rings is 1. The number of amides is 1. The molecule has 1 aliphatic heterocycles. The van der Waals surface area contributed by atoms with Gasteiger partial charge in [0.1, 0.15) is 10.6 Å². The molecule has 0 bridgehead atoms. The van der Waals surface area contributed by atoms with Crippen LogP contribution in [0.15, 0.2) is 93.8 Å². The molecule has 262 valence electrons. The van der Waals surface area contributed by atoms with Gasteiger partial charge in [0.25, 0.3) is 15.9 Å². The highest BCUT2D eigenvalue weighted by Gasteiger charge is 2.32. The van der Waals surface area contributed by atoms with Gasteiger partial charge in [0.15, 0.2) is 0 Å². The standard InChI is InChI=1S/C38H40BrN3O6S2/c1-5-48-38(44)36-26(3)30-24-29(15-17-34(30)49-36)50(45,46)42(19-18-27-11-13-28(47-4)14-12-27)33-9-7-6-8-32(33)40-20-22-41(23-21-40)37(43)35-25(2)10-16-31(35)39/h6-17,24-25H,5,18-23H2,1-4H3. The molecule has 0 N–H and O–H groups in total. The predicted molar refractivity (Wildman–Crippen MR) is 203 cm³/mol. The van der Waals surface area contributed by atoms with Crippen LogP contribution in [0.5, 0.6) is 5.75 Å². The van der Waals surface area contributed by atoms with Crippen molar-refractivity contribution in [3.8, 4) is 5.75 Å². The van der Waals surface area contributed by atoms with Crippen LogP contribution >= 0.6 is 27.3 Å². The first-order chi connectivity index (χ1) is 24.0. The average Bonchev–Trinajstić information content (AvgIpc) is 3.65. The van der Waals surface area contributed by atoms with E-state index in [0.29, 0.717) is 54.1 Å². The number of fused-ring (bicyclic) bond motifs is 1. The Morgan fingerprint density at radius 1 is 1.02 bits per heavy atom. The highest BCUT2D eigenvalue weighted by atomic mass is 79.9. The summed E-state index contributed by atoms with van der Waals surface area (Å²) in [7, 11) is -2.48. The lowest BCUT2D eigenvalue weighted by Gasteiger charge is -2.38. The zero-order valence-electron chi connectivity index (χ0n) is 28.5. The number of aryl methyl sites for hydroxylation is 1. The molecule has 4 aromatic rings. The highest BCUT2D eigenvalue weighted by Crippen LogP contribution is 2.38. The summed E-state index contributed by atoms with van der Waals surface area (Å²) < 4.78 is 43.2. The Kier molecular flexibility index (Phi) is 10.7. The van der Waals surface area contributed by atoms with Crippen LogP contribution < -0.4 is 13.9 Å². The summed E-state index contributed by atoms with van der Waals surface area (Å²) in [6.45, 7) is 8.17. The molecular formula is C38H40BrN3O6S2. The van der Waals surface area contributed by atoms with E-state index in [9.17, 15) is 18.0 Å². The second kappa shape index (κ2) is 15.0. The molecule has 1 amide bonds. The number of para-hydroxylation sites is 2. The summed E-state index contributed by atoms with van der Waals surface area (Å²) >= 11 is 4.84. The molecule has 2 aliphatic rings. The molecule has 0 spiro atoms. The minimum Gasteiger partial charge on any atom is -0.497 e. The van der Waals surface area contributed by atoms with Gasteiger partial charge in [0.2, 0.25) is 0 Å². The molecule has 12 heteroatoms. The summed E-state index contributed by atoms with van der Waals surface area (Å²) in [6.07, 6.45) is 4.41. The summed E-state index contributed by atoms with van der Waals surface area (Å²) in [5.74, 6) is 0.390.